The third-order valence-corrected chi connectivity index (χ3v) is 6.14. The molecule has 110 valence electrons. The molecule has 3 rings (SSSR count). The van der Waals surface area contributed by atoms with Crippen molar-refractivity contribution in [2.24, 2.45) is 0 Å². The normalized spacial score (nSPS) is 17.4. The molecule has 3 nitrogen and oxygen atoms in total. The van der Waals surface area contributed by atoms with E-state index in [0.29, 0.717) is 15.4 Å². The first-order chi connectivity index (χ1) is 9.73. The van der Waals surface area contributed by atoms with Gasteiger partial charge in [0.15, 0.2) is 0 Å². The fourth-order valence-corrected chi connectivity index (χ4v) is 4.32. The van der Waals surface area contributed by atoms with E-state index in [-0.39, 0.29) is 5.56 Å². The van der Waals surface area contributed by atoms with Crippen LogP contribution in [-0.4, -0.2) is 18.1 Å². The Morgan fingerprint density at radius 3 is 2.19 bits per heavy atom. The minimum absolute atomic E-state index is 0.259. The average Bonchev–Trinajstić information content (AvgIpc) is 2.71. The standard InChI is InChI=1S/C13H7F3O3S2/c14-13(15,16)21(18,19)8-5-6-12-10(7-8)9-3-1-2-4-11(9)20(12)17/h1-7H. The zero-order chi connectivity index (χ0) is 15.4. The molecule has 0 saturated carbocycles. The Labute approximate surface area is 120 Å². The summed E-state index contributed by atoms with van der Waals surface area (Å²) in [6, 6.07) is 9.45. The largest absolute Gasteiger partial charge is 0.501 e. The Morgan fingerprint density at radius 2 is 1.52 bits per heavy atom. The van der Waals surface area contributed by atoms with Crippen molar-refractivity contribution in [1.82, 2.24) is 0 Å². The lowest BCUT2D eigenvalue weighted by Gasteiger charge is -2.09. The van der Waals surface area contributed by atoms with Gasteiger partial charge < -0.3 is 0 Å². The molecule has 1 aliphatic heterocycles. The Bertz CT molecular complexity index is 870. The summed E-state index contributed by atoms with van der Waals surface area (Å²) < 4.78 is 72.9. The van der Waals surface area contributed by atoms with Gasteiger partial charge in [-0.3, -0.25) is 0 Å². The Balaban J connectivity index is 2.25. The van der Waals surface area contributed by atoms with Gasteiger partial charge in [-0.15, -0.1) is 0 Å². The number of halogens is 3. The van der Waals surface area contributed by atoms with Crippen LogP contribution in [0.25, 0.3) is 11.1 Å². The van der Waals surface area contributed by atoms with Gasteiger partial charge in [-0.05, 0) is 29.8 Å². The lowest BCUT2D eigenvalue weighted by atomic mass is 10.1. The summed E-state index contributed by atoms with van der Waals surface area (Å²) >= 11 is 0. The highest BCUT2D eigenvalue weighted by molar-refractivity contribution is 7.92. The van der Waals surface area contributed by atoms with Gasteiger partial charge in [0.05, 0.1) is 25.5 Å². The lowest BCUT2D eigenvalue weighted by Crippen LogP contribution is -2.23. The van der Waals surface area contributed by atoms with Crippen LogP contribution in [0.4, 0.5) is 13.2 Å². The Morgan fingerprint density at radius 1 is 0.905 bits per heavy atom. The van der Waals surface area contributed by atoms with Crippen molar-refractivity contribution >= 4 is 20.6 Å². The molecule has 0 bridgehead atoms. The molecule has 1 atom stereocenters. The Hall–Kier alpha value is -1.67. The summed E-state index contributed by atoms with van der Waals surface area (Å²) in [7, 11) is -6.92. The first-order valence-electron chi connectivity index (χ1n) is 5.70. The van der Waals surface area contributed by atoms with Gasteiger partial charge in [0.1, 0.15) is 0 Å². The molecule has 0 spiro atoms. The maximum atomic E-state index is 12.6. The summed E-state index contributed by atoms with van der Waals surface area (Å²) in [6.45, 7) is 0. The highest BCUT2D eigenvalue weighted by Gasteiger charge is 2.47. The molecule has 0 aromatic heterocycles. The van der Waals surface area contributed by atoms with Crippen LogP contribution in [0.15, 0.2) is 57.2 Å². The third-order valence-electron chi connectivity index (χ3n) is 3.14. The molecule has 1 aliphatic rings. The second-order valence-electron chi connectivity index (χ2n) is 4.37. The fraction of sp³-hybridized carbons (Fsp3) is 0.0769. The van der Waals surface area contributed by atoms with Crippen molar-refractivity contribution in [3.63, 3.8) is 0 Å². The topological polar surface area (TPSA) is 51.2 Å². The second kappa shape index (κ2) is 4.41. The van der Waals surface area contributed by atoms with Crippen LogP contribution in [0.5, 0.6) is 0 Å². The molecule has 2 aromatic rings. The maximum Gasteiger partial charge on any atom is 0.501 e. The van der Waals surface area contributed by atoms with Crippen LogP contribution < -0.4 is 0 Å². The van der Waals surface area contributed by atoms with E-state index in [4.69, 9.17) is 0 Å². The van der Waals surface area contributed by atoms with E-state index in [2.05, 4.69) is 0 Å². The van der Waals surface area contributed by atoms with Crippen molar-refractivity contribution in [3.05, 3.63) is 42.5 Å². The lowest BCUT2D eigenvalue weighted by molar-refractivity contribution is -0.0436. The molecule has 8 heteroatoms. The van der Waals surface area contributed by atoms with Crippen LogP contribution in [-0.2, 0) is 20.6 Å². The predicted octanol–water partition coefficient (Wildman–Crippen LogP) is 3.13. The maximum absolute atomic E-state index is 12.6. The van der Waals surface area contributed by atoms with Crippen molar-refractivity contribution in [2.45, 2.75) is 20.2 Å². The minimum Gasteiger partial charge on any atom is -0.249 e. The number of hydrogen-bond donors (Lipinski definition) is 0. The number of rotatable bonds is 1. The molecule has 21 heavy (non-hydrogen) atoms. The van der Waals surface area contributed by atoms with E-state index in [1.165, 1.54) is 6.07 Å². The van der Waals surface area contributed by atoms with E-state index in [0.717, 1.165) is 12.1 Å². The molecule has 0 radical (unpaired) electrons. The minimum atomic E-state index is -5.42. The smallest absolute Gasteiger partial charge is 0.249 e. The van der Waals surface area contributed by atoms with Crippen molar-refractivity contribution < 1.29 is 25.8 Å². The van der Waals surface area contributed by atoms with E-state index in [1.54, 1.807) is 24.3 Å². The first kappa shape index (κ1) is 14.3. The number of benzene rings is 2. The molecule has 2 aromatic carbocycles. The molecule has 0 saturated heterocycles. The van der Waals surface area contributed by atoms with Gasteiger partial charge in [-0.25, -0.2) is 12.6 Å². The van der Waals surface area contributed by atoms with E-state index >= 15 is 0 Å². The molecular formula is C13H7F3O3S2. The number of hydrogen-bond acceptors (Lipinski definition) is 3. The van der Waals surface area contributed by atoms with Crippen molar-refractivity contribution in [1.29, 1.82) is 0 Å². The summed E-state index contributed by atoms with van der Waals surface area (Å²) in [6.07, 6.45) is 0. The van der Waals surface area contributed by atoms with E-state index < -0.39 is 31.0 Å². The Kier molecular flexibility index (Phi) is 3.00. The summed E-state index contributed by atoms with van der Waals surface area (Å²) in [5.41, 5.74) is -4.61. The first-order valence-corrected chi connectivity index (χ1v) is 8.33. The molecule has 1 heterocycles. The summed E-state index contributed by atoms with van der Waals surface area (Å²) in [4.78, 5) is -0.0613. The quantitative estimate of drug-likeness (QED) is 0.688. The van der Waals surface area contributed by atoms with Gasteiger partial charge in [-0.1, -0.05) is 18.2 Å². The van der Waals surface area contributed by atoms with Crippen molar-refractivity contribution in [3.8, 4) is 11.1 Å². The molecule has 0 amide bonds. The number of alkyl halides is 3. The summed E-state index contributed by atoms with van der Waals surface area (Å²) in [5, 5.41) is 0. The molecule has 0 aliphatic carbocycles. The van der Waals surface area contributed by atoms with Gasteiger partial charge in [0.25, 0.3) is 9.84 Å². The molecular weight excluding hydrogens is 325 g/mol. The zero-order valence-corrected chi connectivity index (χ0v) is 11.8. The number of sulfone groups is 1. The highest BCUT2D eigenvalue weighted by atomic mass is 32.2. The number of fused-ring (bicyclic) bond motifs is 3. The molecule has 0 N–H and O–H groups in total. The van der Waals surface area contributed by atoms with Crippen LogP contribution >= 0.6 is 0 Å². The monoisotopic (exact) mass is 332 g/mol. The molecule has 1 unspecified atom stereocenters. The van der Waals surface area contributed by atoms with Crippen LogP contribution in [0.2, 0.25) is 0 Å². The van der Waals surface area contributed by atoms with Crippen LogP contribution in [0.1, 0.15) is 0 Å². The van der Waals surface area contributed by atoms with Crippen LogP contribution in [0, 0.1) is 0 Å². The average molecular weight is 332 g/mol. The summed E-state index contributed by atoms with van der Waals surface area (Å²) in [5.74, 6) is 0. The SMILES string of the molecule is O=S1c2ccccc2-c2cc(S(=O)(=O)C(F)(F)F)ccc21. The van der Waals surface area contributed by atoms with E-state index in [9.17, 15) is 25.8 Å². The van der Waals surface area contributed by atoms with Crippen molar-refractivity contribution in [2.75, 3.05) is 0 Å². The second-order valence-corrected chi connectivity index (χ2v) is 7.73. The predicted molar refractivity (Wildman–Crippen MR) is 69.8 cm³/mol. The van der Waals surface area contributed by atoms with Gasteiger partial charge in [0.2, 0.25) is 0 Å². The fourth-order valence-electron chi connectivity index (χ4n) is 2.15. The van der Waals surface area contributed by atoms with Gasteiger partial charge in [-0.2, -0.15) is 13.2 Å². The zero-order valence-electron chi connectivity index (χ0n) is 10.2. The molecule has 0 fully saturated rings. The van der Waals surface area contributed by atoms with Gasteiger partial charge >= 0.3 is 5.51 Å². The van der Waals surface area contributed by atoms with Crippen LogP contribution in [0.3, 0.4) is 0 Å². The van der Waals surface area contributed by atoms with E-state index in [1.807, 2.05) is 0 Å². The highest BCUT2D eigenvalue weighted by Crippen LogP contribution is 2.42. The third kappa shape index (κ3) is 2.01. The van der Waals surface area contributed by atoms with Gasteiger partial charge in [0, 0.05) is 5.56 Å².